The van der Waals surface area contributed by atoms with Gasteiger partial charge in [0.25, 0.3) is 5.91 Å². The van der Waals surface area contributed by atoms with Gasteiger partial charge in [-0.3, -0.25) is 9.48 Å². The lowest BCUT2D eigenvalue weighted by Gasteiger charge is -2.23. The van der Waals surface area contributed by atoms with Crippen LogP contribution in [0.5, 0.6) is 0 Å². The Kier molecular flexibility index (Phi) is 3.30. The van der Waals surface area contributed by atoms with Crippen LogP contribution in [0.25, 0.3) is 0 Å². The van der Waals surface area contributed by atoms with Crippen molar-refractivity contribution in [3.8, 4) is 0 Å². The molecule has 0 spiro atoms. The highest BCUT2D eigenvalue weighted by molar-refractivity contribution is 7.99. The van der Waals surface area contributed by atoms with Crippen LogP contribution in [0.15, 0.2) is 0 Å². The van der Waals surface area contributed by atoms with E-state index in [0.717, 1.165) is 49.6 Å². The summed E-state index contributed by atoms with van der Waals surface area (Å²) < 4.78 is 1.96. The maximum Gasteiger partial charge on any atom is 0.272 e. The fourth-order valence-corrected chi connectivity index (χ4v) is 3.56. The number of hydrogen-bond acceptors (Lipinski definition) is 4. The number of likely N-dealkylation sites (N-methyl/N-ethyl adjacent to an activating group) is 1. The van der Waals surface area contributed by atoms with E-state index in [1.165, 1.54) is 0 Å². The minimum absolute atomic E-state index is 0.126. The first-order valence-corrected chi connectivity index (χ1v) is 7.94. The molecule has 0 aliphatic carbocycles. The monoisotopic (exact) mass is 280 g/mol. The fourth-order valence-electron chi connectivity index (χ4n) is 2.90. The van der Waals surface area contributed by atoms with E-state index >= 15 is 0 Å². The molecule has 0 saturated heterocycles. The Labute approximate surface area is 117 Å². The molecule has 2 aliphatic heterocycles. The van der Waals surface area contributed by atoms with Crippen LogP contribution in [0.2, 0.25) is 0 Å². The molecule has 2 aliphatic rings. The summed E-state index contributed by atoms with van der Waals surface area (Å²) in [6.45, 7) is 3.50. The van der Waals surface area contributed by atoms with E-state index in [9.17, 15) is 4.79 Å². The zero-order chi connectivity index (χ0) is 13.6. The lowest BCUT2D eigenvalue weighted by Crippen LogP contribution is -2.33. The lowest BCUT2D eigenvalue weighted by atomic mass is 10.1. The molecule has 1 aromatic rings. The molecule has 0 N–H and O–H groups in total. The fraction of sp³-hybridized carbons (Fsp3) is 0.692. The van der Waals surface area contributed by atoms with E-state index < -0.39 is 0 Å². The molecule has 104 valence electrons. The summed E-state index contributed by atoms with van der Waals surface area (Å²) in [6.07, 6.45) is 3.05. The molecule has 1 atom stereocenters. The van der Waals surface area contributed by atoms with Crippen LogP contribution < -0.4 is 0 Å². The van der Waals surface area contributed by atoms with Gasteiger partial charge in [-0.15, -0.1) is 0 Å². The van der Waals surface area contributed by atoms with Crippen LogP contribution in [0.4, 0.5) is 0 Å². The molecule has 0 aromatic carbocycles. The van der Waals surface area contributed by atoms with Gasteiger partial charge < -0.3 is 9.80 Å². The van der Waals surface area contributed by atoms with Gasteiger partial charge in [-0.25, -0.2) is 0 Å². The van der Waals surface area contributed by atoms with Crippen LogP contribution in [-0.2, 0) is 19.5 Å². The second-order valence-electron chi connectivity index (χ2n) is 5.49. The summed E-state index contributed by atoms with van der Waals surface area (Å²) in [5, 5.41) is 5.12. The van der Waals surface area contributed by atoms with E-state index in [-0.39, 0.29) is 5.91 Å². The van der Waals surface area contributed by atoms with E-state index in [1.54, 1.807) is 0 Å². The quantitative estimate of drug-likeness (QED) is 0.759. The Bertz CT molecular complexity index is 513. The van der Waals surface area contributed by atoms with Crippen LogP contribution in [0.1, 0.15) is 21.7 Å². The van der Waals surface area contributed by atoms with E-state index in [2.05, 4.69) is 18.2 Å². The average molecular weight is 280 g/mol. The third-order valence-corrected chi connectivity index (χ3v) is 4.99. The molecule has 5 nitrogen and oxygen atoms in total. The van der Waals surface area contributed by atoms with E-state index in [1.807, 2.05) is 28.4 Å². The molecular formula is C13H20N4OS. The summed E-state index contributed by atoms with van der Waals surface area (Å²) in [6, 6.07) is 0. The van der Waals surface area contributed by atoms with Crippen LogP contribution >= 0.6 is 11.8 Å². The first-order chi connectivity index (χ1) is 9.10. The van der Waals surface area contributed by atoms with Crippen molar-refractivity contribution in [2.45, 2.75) is 24.8 Å². The van der Waals surface area contributed by atoms with Gasteiger partial charge in [-0.05, 0) is 13.3 Å². The van der Waals surface area contributed by atoms with Crippen LogP contribution in [0.3, 0.4) is 0 Å². The molecule has 1 amide bonds. The maximum absolute atomic E-state index is 12.6. The number of nitrogens with zero attached hydrogens (tertiary/aromatic N) is 4. The highest BCUT2D eigenvalue weighted by atomic mass is 32.2. The number of amides is 1. The van der Waals surface area contributed by atoms with Crippen molar-refractivity contribution in [2.24, 2.45) is 0 Å². The van der Waals surface area contributed by atoms with Crippen molar-refractivity contribution in [1.29, 1.82) is 0 Å². The molecule has 3 rings (SSSR count). The number of aromatic nitrogens is 2. The average Bonchev–Trinajstić information content (AvgIpc) is 2.68. The second kappa shape index (κ2) is 4.83. The smallest absolute Gasteiger partial charge is 0.272 e. The molecule has 19 heavy (non-hydrogen) atoms. The number of carbonyl (C=O) groups is 1. The largest absolute Gasteiger partial charge is 0.339 e. The highest BCUT2D eigenvalue weighted by Gasteiger charge is 2.32. The first-order valence-electron chi connectivity index (χ1n) is 6.65. The normalized spacial score (nSPS) is 24.1. The lowest BCUT2D eigenvalue weighted by molar-refractivity contribution is 0.0795. The van der Waals surface area contributed by atoms with Crippen molar-refractivity contribution < 1.29 is 4.79 Å². The van der Waals surface area contributed by atoms with Gasteiger partial charge in [-0.2, -0.15) is 16.9 Å². The zero-order valence-electron chi connectivity index (χ0n) is 11.7. The summed E-state index contributed by atoms with van der Waals surface area (Å²) in [5.41, 5.74) is 3.09. The van der Waals surface area contributed by atoms with Gasteiger partial charge >= 0.3 is 0 Å². The van der Waals surface area contributed by atoms with Crippen LogP contribution in [-0.4, -0.2) is 64.2 Å². The topological polar surface area (TPSA) is 41.4 Å². The third kappa shape index (κ3) is 2.17. The molecule has 0 saturated carbocycles. The van der Waals surface area contributed by atoms with Gasteiger partial charge in [0, 0.05) is 43.9 Å². The predicted molar refractivity (Wildman–Crippen MR) is 76.5 cm³/mol. The molecule has 1 unspecified atom stereocenters. The molecular weight excluding hydrogens is 260 g/mol. The maximum atomic E-state index is 12.6. The Morgan fingerprint density at radius 3 is 2.84 bits per heavy atom. The number of thioether (sulfide) groups is 1. The van der Waals surface area contributed by atoms with Crippen molar-refractivity contribution in [3.63, 3.8) is 0 Å². The molecule has 0 bridgehead atoms. The van der Waals surface area contributed by atoms with Crippen molar-refractivity contribution in [3.05, 3.63) is 17.0 Å². The summed E-state index contributed by atoms with van der Waals surface area (Å²) in [7, 11) is 4.00. The molecule has 0 radical (unpaired) electrons. The summed E-state index contributed by atoms with van der Waals surface area (Å²) in [4.78, 5) is 16.7. The Morgan fingerprint density at radius 2 is 2.11 bits per heavy atom. The Balaban J connectivity index is 2.06. The summed E-state index contributed by atoms with van der Waals surface area (Å²) in [5.74, 6) is 0.126. The summed E-state index contributed by atoms with van der Waals surface area (Å²) >= 11 is 1.81. The van der Waals surface area contributed by atoms with Gasteiger partial charge in [0.1, 0.15) is 5.69 Å². The zero-order valence-corrected chi connectivity index (χ0v) is 12.5. The van der Waals surface area contributed by atoms with Crippen molar-refractivity contribution in [1.82, 2.24) is 19.6 Å². The SMILES string of the molecule is CSC1CN(C)C(=O)c2c3c(nn2C1)CCN(C)C3. The minimum Gasteiger partial charge on any atom is -0.339 e. The molecule has 0 fully saturated rings. The predicted octanol–water partition coefficient (Wildman–Crippen LogP) is 0.688. The number of hydrogen-bond donors (Lipinski definition) is 0. The van der Waals surface area contributed by atoms with Crippen LogP contribution in [0, 0.1) is 0 Å². The van der Waals surface area contributed by atoms with Gasteiger partial charge in [-0.1, -0.05) is 0 Å². The number of carbonyl (C=O) groups excluding carboxylic acids is 1. The van der Waals surface area contributed by atoms with Crippen molar-refractivity contribution >= 4 is 17.7 Å². The van der Waals surface area contributed by atoms with Gasteiger partial charge in [0.15, 0.2) is 0 Å². The van der Waals surface area contributed by atoms with E-state index in [4.69, 9.17) is 5.10 Å². The third-order valence-electron chi connectivity index (χ3n) is 4.03. The highest BCUT2D eigenvalue weighted by Crippen LogP contribution is 2.26. The number of fused-ring (bicyclic) bond motifs is 3. The van der Waals surface area contributed by atoms with Gasteiger partial charge in [0.2, 0.25) is 0 Å². The molecule has 1 aromatic heterocycles. The molecule has 6 heteroatoms. The van der Waals surface area contributed by atoms with E-state index in [0.29, 0.717) is 5.25 Å². The molecule has 3 heterocycles. The Hall–Kier alpha value is -1.01. The standard InChI is InChI=1S/C13H20N4OS/c1-15-5-4-11-10(8-15)12-13(18)16(2)6-9(19-3)7-17(12)14-11/h9H,4-8H2,1-3H3. The van der Waals surface area contributed by atoms with Crippen molar-refractivity contribution in [2.75, 3.05) is 33.4 Å². The second-order valence-corrected chi connectivity index (χ2v) is 6.63. The van der Waals surface area contributed by atoms with Gasteiger partial charge in [0.05, 0.1) is 12.2 Å². The first kappa shape index (κ1) is 13.0. The Morgan fingerprint density at radius 1 is 1.32 bits per heavy atom. The number of rotatable bonds is 1. The minimum atomic E-state index is 0.126.